The molecule has 2 aromatic rings. The van der Waals surface area contributed by atoms with Gasteiger partial charge in [0.1, 0.15) is 18.2 Å². The van der Waals surface area contributed by atoms with Crippen LogP contribution in [0.4, 0.5) is 5.95 Å². The molecule has 3 heterocycles. The Bertz CT molecular complexity index is 701. The van der Waals surface area contributed by atoms with E-state index in [1.807, 2.05) is 0 Å². The van der Waals surface area contributed by atoms with Crippen LogP contribution in [0.25, 0.3) is 11.2 Å². The van der Waals surface area contributed by atoms with E-state index in [-0.39, 0.29) is 17.1 Å². The summed E-state index contributed by atoms with van der Waals surface area (Å²) in [6, 6.07) is -1.16. The normalized spacial score (nSPS) is 33.2. The van der Waals surface area contributed by atoms with Crippen molar-refractivity contribution < 1.29 is 25.2 Å². The molecule has 0 aliphatic carbocycles. The Balaban J connectivity index is 1.87. The number of aliphatic hydroxyl groups is 4. The first-order valence-electron chi connectivity index (χ1n) is 6.05. The summed E-state index contributed by atoms with van der Waals surface area (Å²) in [6.45, 7) is 0. The number of aromatic amines is 2. The van der Waals surface area contributed by atoms with Gasteiger partial charge in [-0.15, -0.1) is 0 Å². The summed E-state index contributed by atoms with van der Waals surface area (Å²) in [5.74, 6) is 0.0458. The Morgan fingerprint density at radius 2 is 1.95 bits per heavy atom. The van der Waals surface area contributed by atoms with Crippen molar-refractivity contribution in [3.63, 3.8) is 0 Å². The minimum absolute atomic E-state index is 0.0458. The average molecular weight is 299 g/mol. The molecule has 1 aliphatic rings. The fourth-order valence-corrected chi connectivity index (χ4v) is 2.08. The lowest BCUT2D eigenvalue weighted by molar-refractivity contribution is -0.297. The predicted molar refractivity (Wildman–Crippen MR) is 67.0 cm³/mol. The number of anilines is 1. The number of aromatic nitrogens is 4. The number of nitrogens with zero attached hydrogens (tertiary/aromatic N) is 2. The van der Waals surface area contributed by atoms with E-state index >= 15 is 0 Å². The van der Waals surface area contributed by atoms with Crippen molar-refractivity contribution in [3.05, 3.63) is 16.7 Å². The van der Waals surface area contributed by atoms with Gasteiger partial charge in [-0.1, -0.05) is 0 Å². The molecule has 11 nitrogen and oxygen atoms in total. The molecule has 3 rings (SSSR count). The summed E-state index contributed by atoms with van der Waals surface area (Å²) >= 11 is 0. The van der Waals surface area contributed by atoms with Crippen LogP contribution in [0, 0.1) is 0 Å². The first-order valence-corrected chi connectivity index (χ1v) is 6.05. The highest BCUT2D eigenvalue weighted by Gasteiger charge is 2.43. The molecule has 0 bridgehead atoms. The number of ether oxygens (including phenoxy) is 1. The summed E-state index contributed by atoms with van der Waals surface area (Å²) in [7, 11) is 0. The molecule has 0 amide bonds. The molecular weight excluding hydrogens is 286 g/mol. The van der Waals surface area contributed by atoms with Gasteiger partial charge in [-0.05, 0) is 0 Å². The maximum atomic E-state index is 11.5. The lowest BCUT2D eigenvalue weighted by Gasteiger charge is -2.38. The molecule has 1 saturated heterocycles. The van der Waals surface area contributed by atoms with E-state index in [4.69, 9.17) is 0 Å². The van der Waals surface area contributed by atoms with E-state index in [9.17, 15) is 25.2 Å². The van der Waals surface area contributed by atoms with Gasteiger partial charge in [0.2, 0.25) is 5.95 Å². The predicted octanol–water partition coefficient (Wildman–Crippen LogP) is -3.18. The van der Waals surface area contributed by atoms with Crippen molar-refractivity contribution in [2.75, 3.05) is 5.32 Å². The van der Waals surface area contributed by atoms with Crippen LogP contribution in [-0.2, 0) is 4.74 Å². The van der Waals surface area contributed by atoms with Gasteiger partial charge >= 0.3 is 0 Å². The monoisotopic (exact) mass is 299 g/mol. The second-order valence-electron chi connectivity index (χ2n) is 4.58. The Morgan fingerprint density at radius 3 is 2.67 bits per heavy atom. The van der Waals surface area contributed by atoms with Crippen LogP contribution < -0.4 is 10.9 Å². The van der Waals surface area contributed by atoms with E-state index in [2.05, 4.69) is 30.0 Å². The van der Waals surface area contributed by atoms with E-state index < -0.39 is 36.4 Å². The van der Waals surface area contributed by atoms with Crippen LogP contribution >= 0.6 is 0 Å². The highest BCUT2D eigenvalue weighted by atomic mass is 16.7. The number of rotatable bonds is 2. The third kappa shape index (κ3) is 2.36. The molecule has 114 valence electrons. The van der Waals surface area contributed by atoms with Gasteiger partial charge in [0.25, 0.3) is 5.56 Å². The van der Waals surface area contributed by atoms with Crippen LogP contribution in [0.15, 0.2) is 11.1 Å². The molecular formula is C10H13N5O6. The van der Waals surface area contributed by atoms with Crippen molar-refractivity contribution in [2.45, 2.75) is 30.8 Å². The maximum absolute atomic E-state index is 11.5. The Labute approximate surface area is 116 Å². The van der Waals surface area contributed by atoms with Crippen LogP contribution in [0.1, 0.15) is 0 Å². The third-order valence-electron chi connectivity index (χ3n) is 3.19. The molecule has 0 saturated carbocycles. The maximum Gasteiger partial charge on any atom is 0.276 e. The number of aliphatic hydroxyl groups excluding tert-OH is 4. The van der Waals surface area contributed by atoms with Crippen molar-refractivity contribution in [3.8, 4) is 0 Å². The molecule has 21 heavy (non-hydrogen) atoms. The second kappa shape index (κ2) is 5.05. The van der Waals surface area contributed by atoms with Crippen molar-refractivity contribution in [1.82, 2.24) is 19.9 Å². The molecule has 0 unspecified atom stereocenters. The van der Waals surface area contributed by atoms with E-state index in [0.717, 1.165) is 0 Å². The van der Waals surface area contributed by atoms with Gasteiger partial charge in [-0.3, -0.25) is 4.79 Å². The van der Waals surface area contributed by atoms with Gasteiger partial charge in [0, 0.05) is 0 Å². The molecule has 0 radical (unpaired) electrons. The van der Waals surface area contributed by atoms with Gasteiger partial charge < -0.3 is 40.4 Å². The SMILES string of the molecule is O=c1[nH]cnc2nc(N[C@H]3[C@H](O)[C@H](O)[C@@H](O)O[C@H]3O)[nH]c12. The first kappa shape index (κ1) is 13.9. The number of imidazole rings is 1. The minimum atomic E-state index is -1.70. The molecule has 11 heteroatoms. The molecule has 0 aromatic carbocycles. The summed E-state index contributed by atoms with van der Waals surface area (Å²) in [6.07, 6.45) is -5.21. The molecule has 5 atom stereocenters. The molecule has 1 fully saturated rings. The van der Waals surface area contributed by atoms with E-state index in [1.54, 1.807) is 0 Å². The summed E-state index contributed by atoms with van der Waals surface area (Å²) in [4.78, 5) is 24.3. The zero-order valence-electron chi connectivity index (χ0n) is 10.5. The number of H-pyrrole nitrogens is 2. The van der Waals surface area contributed by atoms with Gasteiger partial charge in [-0.25, -0.2) is 4.98 Å². The van der Waals surface area contributed by atoms with Gasteiger partial charge in [-0.2, -0.15) is 4.98 Å². The number of hydrogen-bond donors (Lipinski definition) is 7. The first-order chi connectivity index (χ1) is 9.97. The zero-order chi connectivity index (χ0) is 15.1. The van der Waals surface area contributed by atoms with Crippen LogP contribution in [0.3, 0.4) is 0 Å². The Kier molecular flexibility index (Phi) is 3.35. The highest BCUT2D eigenvalue weighted by molar-refractivity contribution is 5.71. The van der Waals surface area contributed by atoms with Crippen molar-refractivity contribution >= 4 is 17.1 Å². The molecule has 1 aliphatic heterocycles. The summed E-state index contributed by atoms with van der Waals surface area (Å²) < 4.78 is 4.66. The van der Waals surface area contributed by atoms with E-state index in [0.29, 0.717) is 0 Å². The van der Waals surface area contributed by atoms with E-state index in [1.165, 1.54) is 6.33 Å². The minimum Gasteiger partial charge on any atom is -0.388 e. The highest BCUT2D eigenvalue weighted by Crippen LogP contribution is 2.21. The topological polar surface area (TPSA) is 177 Å². The smallest absolute Gasteiger partial charge is 0.276 e. The second-order valence-corrected chi connectivity index (χ2v) is 4.58. The number of nitrogens with one attached hydrogen (secondary N) is 3. The average Bonchev–Trinajstić information content (AvgIpc) is 2.85. The zero-order valence-corrected chi connectivity index (χ0v) is 10.5. The number of hydrogen-bond acceptors (Lipinski definition) is 9. The molecule has 0 spiro atoms. The van der Waals surface area contributed by atoms with Gasteiger partial charge in [0.05, 0.1) is 6.33 Å². The quantitative estimate of drug-likeness (QED) is 0.301. The van der Waals surface area contributed by atoms with Gasteiger partial charge in [0.15, 0.2) is 23.7 Å². The van der Waals surface area contributed by atoms with Crippen LogP contribution in [0.2, 0.25) is 0 Å². The van der Waals surface area contributed by atoms with Crippen molar-refractivity contribution in [2.24, 2.45) is 0 Å². The largest absolute Gasteiger partial charge is 0.388 e. The lowest BCUT2D eigenvalue weighted by Crippen LogP contribution is -2.60. The standard InChI is InChI=1S/C10H13N5O6/c16-4-2(8(19)21-9(20)5(4)17)13-10-14-3-6(15-10)11-1-12-7(3)18/h1-2,4-5,8-9,16-17,19-20H,(H3,11,12,13,14,15,18)/t2-,4-,5-,8+,9-/m0/s1. The number of fused-ring (bicyclic) bond motifs is 1. The summed E-state index contributed by atoms with van der Waals surface area (Å²) in [5, 5.41) is 40.9. The Hall–Kier alpha value is -2.05. The van der Waals surface area contributed by atoms with Crippen LogP contribution in [0.5, 0.6) is 0 Å². The third-order valence-corrected chi connectivity index (χ3v) is 3.19. The lowest BCUT2D eigenvalue weighted by atomic mass is 10.0. The van der Waals surface area contributed by atoms with Crippen molar-refractivity contribution in [1.29, 1.82) is 0 Å². The van der Waals surface area contributed by atoms with Crippen LogP contribution in [-0.4, -0.2) is 71.2 Å². The Morgan fingerprint density at radius 1 is 1.19 bits per heavy atom. The summed E-state index contributed by atoms with van der Waals surface area (Å²) in [5.41, 5.74) is -0.180. The molecule has 2 aromatic heterocycles. The molecule has 7 N–H and O–H groups in total. The fraction of sp³-hybridized carbons (Fsp3) is 0.500. The fourth-order valence-electron chi connectivity index (χ4n) is 2.08.